The van der Waals surface area contributed by atoms with Crippen molar-refractivity contribution in [2.45, 2.75) is 38.5 Å². The average molecular weight is 543 g/mol. The standard InChI is InChI=1S/C27H28N2O3.C2HF3O2/c1-18-3-5-20-6-4-19(14-21(20)13-18)17-29-11-9-22(10-12-29)28-25-16-27(30)32-26-8-7-23(31-2)15-24(25)26;3-2(4,5)1(6)7/h3-8,13-16,22,28H,9-12,17H2,1-2H3;(H,6,7). The molecular weight excluding hydrogens is 513 g/mol. The van der Waals surface area contributed by atoms with Gasteiger partial charge in [0.05, 0.1) is 12.8 Å². The molecule has 5 rings (SSSR count). The molecule has 3 aromatic carbocycles. The number of likely N-dealkylation sites (tertiary alicyclic amines) is 1. The van der Waals surface area contributed by atoms with E-state index in [0.717, 1.165) is 49.3 Å². The minimum Gasteiger partial charge on any atom is -0.497 e. The van der Waals surface area contributed by atoms with Crippen molar-refractivity contribution in [3.8, 4) is 5.75 Å². The van der Waals surface area contributed by atoms with Gasteiger partial charge in [0.2, 0.25) is 0 Å². The van der Waals surface area contributed by atoms with Crippen LogP contribution in [0.2, 0.25) is 0 Å². The molecule has 0 radical (unpaired) electrons. The largest absolute Gasteiger partial charge is 0.497 e. The summed E-state index contributed by atoms with van der Waals surface area (Å²) in [5.74, 6) is -2.01. The second-order valence-electron chi connectivity index (χ2n) is 9.52. The van der Waals surface area contributed by atoms with Gasteiger partial charge in [0.1, 0.15) is 11.3 Å². The molecule has 2 N–H and O–H groups in total. The predicted molar refractivity (Wildman–Crippen MR) is 143 cm³/mol. The predicted octanol–water partition coefficient (Wildman–Crippen LogP) is 5.97. The number of nitrogens with zero attached hydrogens (tertiary/aromatic N) is 1. The van der Waals surface area contributed by atoms with Crippen LogP contribution in [0.25, 0.3) is 21.7 Å². The smallest absolute Gasteiger partial charge is 0.490 e. The quantitative estimate of drug-likeness (QED) is 0.300. The van der Waals surface area contributed by atoms with Crippen molar-refractivity contribution in [3.05, 3.63) is 82.2 Å². The Kier molecular flexibility index (Phi) is 8.44. The summed E-state index contributed by atoms with van der Waals surface area (Å²) in [5.41, 5.74) is 3.70. The molecule has 7 nitrogen and oxygen atoms in total. The molecule has 10 heteroatoms. The number of fused-ring (bicyclic) bond motifs is 2. The molecule has 0 saturated carbocycles. The van der Waals surface area contributed by atoms with Gasteiger partial charge in [0, 0.05) is 37.1 Å². The Balaban J connectivity index is 0.000000448. The topological polar surface area (TPSA) is 92.0 Å². The molecule has 0 unspecified atom stereocenters. The van der Waals surface area contributed by atoms with Gasteiger partial charge in [0.15, 0.2) is 0 Å². The number of nitrogens with one attached hydrogen (secondary N) is 1. The van der Waals surface area contributed by atoms with E-state index in [1.165, 1.54) is 21.9 Å². The molecule has 1 aliphatic rings. The Morgan fingerprint density at radius 1 is 1.05 bits per heavy atom. The number of anilines is 1. The zero-order valence-electron chi connectivity index (χ0n) is 21.5. The number of benzene rings is 3. The lowest BCUT2D eigenvalue weighted by Crippen LogP contribution is -2.38. The minimum absolute atomic E-state index is 0.321. The van der Waals surface area contributed by atoms with Gasteiger partial charge in [-0.1, -0.05) is 35.9 Å². The maximum atomic E-state index is 12.0. The molecule has 1 saturated heterocycles. The second kappa shape index (κ2) is 11.8. The Hall–Kier alpha value is -4.05. The minimum atomic E-state index is -5.08. The number of rotatable bonds is 5. The van der Waals surface area contributed by atoms with Crippen LogP contribution in [-0.2, 0) is 11.3 Å². The number of carboxylic acid groups (broad SMARTS) is 1. The van der Waals surface area contributed by atoms with Crippen molar-refractivity contribution >= 4 is 33.4 Å². The first-order valence-corrected chi connectivity index (χ1v) is 12.4. The van der Waals surface area contributed by atoms with E-state index in [0.29, 0.717) is 11.6 Å². The van der Waals surface area contributed by atoms with Crippen molar-refractivity contribution in [3.63, 3.8) is 0 Å². The van der Waals surface area contributed by atoms with Crippen molar-refractivity contribution in [1.82, 2.24) is 4.90 Å². The lowest BCUT2D eigenvalue weighted by atomic mass is 10.0. The van der Waals surface area contributed by atoms with E-state index < -0.39 is 12.1 Å². The van der Waals surface area contributed by atoms with Crippen molar-refractivity contribution < 1.29 is 32.2 Å². The number of ether oxygens (including phenoxy) is 1. The first kappa shape index (κ1) is 28.0. The summed E-state index contributed by atoms with van der Waals surface area (Å²) < 4.78 is 42.4. The highest BCUT2D eigenvalue weighted by Crippen LogP contribution is 2.28. The number of methoxy groups -OCH3 is 1. The van der Waals surface area contributed by atoms with Crippen LogP contribution < -0.4 is 15.7 Å². The Labute approximate surface area is 222 Å². The first-order chi connectivity index (χ1) is 18.5. The van der Waals surface area contributed by atoms with Crippen molar-refractivity contribution in [2.75, 3.05) is 25.5 Å². The summed E-state index contributed by atoms with van der Waals surface area (Å²) in [6, 6.07) is 20.8. The van der Waals surface area contributed by atoms with Crippen LogP contribution in [0.3, 0.4) is 0 Å². The molecular formula is C29H29F3N2O5. The van der Waals surface area contributed by atoms with Crippen molar-refractivity contribution in [2.24, 2.45) is 0 Å². The van der Waals surface area contributed by atoms with Crippen LogP contribution in [0.15, 0.2) is 69.9 Å². The summed E-state index contributed by atoms with van der Waals surface area (Å²) in [6.45, 7) is 5.14. The molecule has 39 heavy (non-hydrogen) atoms. The molecule has 0 bridgehead atoms. The number of piperidine rings is 1. The first-order valence-electron chi connectivity index (χ1n) is 12.4. The summed E-state index contributed by atoms with van der Waals surface area (Å²) in [6.07, 6.45) is -3.03. The molecule has 0 atom stereocenters. The van der Waals surface area contributed by atoms with Crippen LogP contribution in [0.1, 0.15) is 24.0 Å². The van der Waals surface area contributed by atoms with Crippen LogP contribution in [0.4, 0.5) is 18.9 Å². The highest BCUT2D eigenvalue weighted by Gasteiger charge is 2.38. The van der Waals surface area contributed by atoms with Gasteiger partial charge >= 0.3 is 17.8 Å². The van der Waals surface area contributed by atoms with E-state index in [-0.39, 0.29) is 5.63 Å². The normalized spacial score (nSPS) is 14.6. The number of hydrogen-bond acceptors (Lipinski definition) is 6. The summed E-state index contributed by atoms with van der Waals surface area (Å²) in [4.78, 5) is 23.4. The monoisotopic (exact) mass is 542 g/mol. The third-order valence-corrected chi connectivity index (χ3v) is 6.61. The summed E-state index contributed by atoms with van der Waals surface area (Å²) in [5, 5.41) is 14.2. The van der Waals surface area contributed by atoms with E-state index in [1.54, 1.807) is 19.2 Å². The zero-order valence-corrected chi connectivity index (χ0v) is 21.5. The number of aliphatic carboxylic acids is 1. The number of carbonyl (C=O) groups is 1. The zero-order chi connectivity index (χ0) is 28.2. The van der Waals surface area contributed by atoms with Gasteiger partial charge in [0.25, 0.3) is 0 Å². The van der Waals surface area contributed by atoms with Crippen LogP contribution >= 0.6 is 0 Å². The van der Waals surface area contributed by atoms with Crippen molar-refractivity contribution in [1.29, 1.82) is 0 Å². The Bertz CT molecular complexity index is 1530. The third kappa shape index (κ3) is 7.29. The number of alkyl halides is 3. The molecule has 0 amide bonds. The van der Waals surface area contributed by atoms with Gasteiger partial charge < -0.3 is 19.6 Å². The lowest BCUT2D eigenvalue weighted by Gasteiger charge is -2.33. The maximum absolute atomic E-state index is 12.0. The lowest BCUT2D eigenvalue weighted by molar-refractivity contribution is -0.192. The van der Waals surface area contributed by atoms with Gasteiger partial charge in [-0.05, 0) is 60.4 Å². The van der Waals surface area contributed by atoms with E-state index in [9.17, 15) is 18.0 Å². The maximum Gasteiger partial charge on any atom is 0.490 e. The Morgan fingerprint density at radius 3 is 2.41 bits per heavy atom. The summed E-state index contributed by atoms with van der Waals surface area (Å²) >= 11 is 0. The molecule has 1 aromatic heterocycles. The van der Waals surface area contributed by atoms with E-state index in [4.69, 9.17) is 19.1 Å². The number of hydrogen-bond donors (Lipinski definition) is 2. The summed E-state index contributed by atoms with van der Waals surface area (Å²) in [7, 11) is 1.64. The number of carboxylic acids is 1. The molecule has 1 fully saturated rings. The highest BCUT2D eigenvalue weighted by molar-refractivity contribution is 5.90. The molecule has 0 spiro atoms. The van der Waals surface area contributed by atoms with E-state index >= 15 is 0 Å². The highest BCUT2D eigenvalue weighted by atomic mass is 19.4. The fourth-order valence-electron chi connectivity index (χ4n) is 4.62. The average Bonchev–Trinajstić information content (AvgIpc) is 2.89. The van der Waals surface area contributed by atoms with Crippen LogP contribution in [-0.4, -0.2) is 48.4 Å². The fourth-order valence-corrected chi connectivity index (χ4v) is 4.62. The molecule has 2 heterocycles. The molecule has 206 valence electrons. The fraction of sp³-hybridized carbons (Fsp3) is 0.310. The van der Waals surface area contributed by atoms with E-state index in [2.05, 4.69) is 53.5 Å². The van der Waals surface area contributed by atoms with Crippen LogP contribution in [0.5, 0.6) is 5.75 Å². The molecule has 1 aliphatic heterocycles. The molecule has 4 aromatic rings. The second-order valence-corrected chi connectivity index (χ2v) is 9.52. The SMILES string of the molecule is COc1ccc2oc(=O)cc(NC3CCN(Cc4ccc5ccc(C)cc5c4)CC3)c2c1.O=C(O)C(F)(F)F. The Morgan fingerprint density at radius 2 is 1.74 bits per heavy atom. The number of halogens is 3. The molecule has 0 aliphatic carbocycles. The van der Waals surface area contributed by atoms with Crippen LogP contribution in [0, 0.1) is 6.92 Å². The van der Waals surface area contributed by atoms with Gasteiger partial charge in [-0.25, -0.2) is 9.59 Å². The van der Waals surface area contributed by atoms with E-state index in [1.807, 2.05) is 12.1 Å². The van der Waals surface area contributed by atoms with Gasteiger partial charge in [-0.3, -0.25) is 4.90 Å². The van der Waals surface area contributed by atoms with Gasteiger partial charge in [-0.15, -0.1) is 0 Å². The number of aryl methyl sites for hydroxylation is 1. The third-order valence-electron chi connectivity index (χ3n) is 6.61. The van der Waals surface area contributed by atoms with Gasteiger partial charge in [-0.2, -0.15) is 13.2 Å².